The molecule has 0 bridgehead atoms. The lowest BCUT2D eigenvalue weighted by atomic mass is 10.1. The first-order valence-corrected chi connectivity index (χ1v) is 7.21. The molecule has 1 aliphatic rings. The Morgan fingerprint density at radius 2 is 1.69 bits per heavy atom. The van der Waals surface area contributed by atoms with Crippen molar-refractivity contribution in [3.05, 3.63) is 0 Å². The van der Waals surface area contributed by atoms with Crippen LogP contribution in [-0.2, 0) is 10.2 Å². The Morgan fingerprint density at radius 3 is 2.12 bits per heavy atom. The average molecular weight is 249 g/mol. The Hall–Kier alpha value is -0.170. The first-order valence-electron chi connectivity index (χ1n) is 5.81. The van der Waals surface area contributed by atoms with E-state index in [1.54, 1.807) is 11.4 Å². The third-order valence-electron chi connectivity index (χ3n) is 3.30. The predicted octanol–water partition coefficient (Wildman–Crippen LogP) is 0.113. The zero-order chi connectivity index (χ0) is 12.3. The van der Waals surface area contributed by atoms with E-state index >= 15 is 0 Å². The molecular weight excluding hydrogens is 226 g/mol. The van der Waals surface area contributed by atoms with Crippen LogP contribution in [0.25, 0.3) is 0 Å². The summed E-state index contributed by atoms with van der Waals surface area (Å²) in [6, 6.07) is 0.0277. The third-order valence-corrected chi connectivity index (χ3v) is 5.38. The van der Waals surface area contributed by atoms with Crippen LogP contribution >= 0.6 is 0 Å². The molecule has 1 rings (SSSR count). The summed E-state index contributed by atoms with van der Waals surface area (Å²) in [6.45, 7) is 8.63. The van der Waals surface area contributed by atoms with Crippen LogP contribution in [-0.4, -0.2) is 56.3 Å². The van der Waals surface area contributed by atoms with Gasteiger partial charge in [-0.05, 0) is 12.8 Å². The van der Waals surface area contributed by atoms with Crippen molar-refractivity contribution >= 4 is 10.2 Å². The van der Waals surface area contributed by atoms with E-state index < -0.39 is 10.2 Å². The Labute approximate surface area is 99.0 Å². The van der Waals surface area contributed by atoms with E-state index in [0.29, 0.717) is 19.0 Å². The van der Waals surface area contributed by atoms with Crippen LogP contribution in [0.15, 0.2) is 0 Å². The smallest absolute Gasteiger partial charge is 0.282 e. The highest BCUT2D eigenvalue weighted by Crippen LogP contribution is 2.15. The molecule has 16 heavy (non-hydrogen) atoms. The molecule has 0 radical (unpaired) electrons. The van der Waals surface area contributed by atoms with E-state index in [1.165, 1.54) is 4.31 Å². The Kier molecular flexibility index (Phi) is 4.73. The number of hydrogen-bond acceptors (Lipinski definition) is 3. The van der Waals surface area contributed by atoms with Crippen molar-refractivity contribution in [1.29, 1.82) is 0 Å². The molecule has 6 heteroatoms. The second-order valence-corrected chi connectivity index (χ2v) is 6.65. The molecule has 1 aliphatic heterocycles. The van der Waals surface area contributed by atoms with Crippen molar-refractivity contribution in [2.45, 2.75) is 26.8 Å². The molecule has 0 saturated carbocycles. The molecule has 1 N–H and O–H groups in total. The van der Waals surface area contributed by atoms with Gasteiger partial charge >= 0.3 is 0 Å². The van der Waals surface area contributed by atoms with Crippen LogP contribution in [0.3, 0.4) is 0 Å². The van der Waals surface area contributed by atoms with E-state index in [9.17, 15) is 8.42 Å². The Bertz CT molecular complexity index is 310. The van der Waals surface area contributed by atoms with Gasteiger partial charge in [0.15, 0.2) is 0 Å². The largest absolute Gasteiger partial charge is 0.314 e. The van der Waals surface area contributed by atoms with Crippen LogP contribution in [0.1, 0.15) is 20.8 Å². The molecule has 0 aromatic carbocycles. The minimum Gasteiger partial charge on any atom is -0.314 e. The van der Waals surface area contributed by atoms with Crippen molar-refractivity contribution in [2.24, 2.45) is 5.92 Å². The summed E-state index contributed by atoms with van der Waals surface area (Å²) in [5.74, 6) is 0.322. The normalized spacial score (nSPS) is 21.6. The van der Waals surface area contributed by atoms with Gasteiger partial charge < -0.3 is 5.32 Å². The molecule has 1 fully saturated rings. The maximum absolute atomic E-state index is 12.3. The molecular formula is C10H23N3O2S. The minimum absolute atomic E-state index is 0.0277. The summed E-state index contributed by atoms with van der Waals surface area (Å²) >= 11 is 0. The van der Waals surface area contributed by atoms with E-state index in [2.05, 4.69) is 5.32 Å². The van der Waals surface area contributed by atoms with Gasteiger partial charge in [0.25, 0.3) is 10.2 Å². The fraction of sp³-hybridized carbons (Fsp3) is 1.00. The molecule has 1 heterocycles. The SMILES string of the molecule is CC(C)C(C)N(C)S(=O)(=O)N1CCNCC1. The summed E-state index contributed by atoms with van der Waals surface area (Å²) in [5, 5.41) is 3.15. The summed E-state index contributed by atoms with van der Waals surface area (Å²) < 4.78 is 27.6. The lowest BCUT2D eigenvalue weighted by Crippen LogP contribution is -2.53. The van der Waals surface area contributed by atoms with Crippen molar-refractivity contribution in [3.63, 3.8) is 0 Å². The molecule has 96 valence electrons. The van der Waals surface area contributed by atoms with Gasteiger partial charge in [-0.2, -0.15) is 17.0 Å². The number of nitrogens with one attached hydrogen (secondary N) is 1. The van der Waals surface area contributed by atoms with Gasteiger partial charge in [-0.25, -0.2) is 0 Å². The van der Waals surface area contributed by atoms with Crippen molar-refractivity contribution in [2.75, 3.05) is 33.2 Å². The molecule has 0 amide bonds. The molecule has 0 aromatic heterocycles. The molecule has 0 aliphatic carbocycles. The minimum atomic E-state index is -3.28. The number of nitrogens with zero attached hydrogens (tertiary/aromatic N) is 2. The van der Waals surface area contributed by atoms with Gasteiger partial charge in [-0.3, -0.25) is 0 Å². The first kappa shape index (κ1) is 13.9. The molecule has 1 unspecified atom stereocenters. The highest BCUT2D eigenvalue weighted by molar-refractivity contribution is 7.86. The summed E-state index contributed by atoms with van der Waals surface area (Å²) in [6.07, 6.45) is 0. The fourth-order valence-corrected chi connectivity index (χ4v) is 3.36. The van der Waals surface area contributed by atoms with Crippen molar-refractivity contribution in [3.8, 4) is 0 Å². The van der Waals surface area contributed by atoms with E-state index in [0.717, 1.165) is 13.1 Å². The van der Waals surface area contributed by atoms with E-state index in [1.807, 2.05) is 20.8 Å². The van der Waals surface area contributed by atoms with Gasteiger partial charge in [0.05, 0.1) is 0 Å². The van der Waals surface area contributed by atoms with Crippen LogP contribution < -0.4 is 5.32 Å². The van der Waals surface area contributed by atoms with Gasteiger partial charge in [0.1, 0.15) is 0 Å². The van der Waals surface area contributed by atoms with Crippen molar-refractivity contribution < 1.29 is 8.42 Å². The van der Waals surface area contributed by atoms with Crippen LogP contribution in [0.5, 0.6) is 0 Å². The van der Waals surface area contributed by atoms with E-state index in [4.69, 9.17) is 0 Å². The van der Waals surface area contributed by atoms with Gasteiger partial charge in [0.2, 0.25) is 0 Å². The van der Waals surface area contributed by atoms with Crippen LogP contribution in [0.4, 0.5) is 0 Å². The van der Waals surface area contributed by atoms with Crippen LogP contribution in [0, 0.1) is 5.92 Å². The second kappa shape index (κ2) is 5.44. The predicted molar refractivity (Wildman–Crippen MR) is 65.4 cm³/mol. The lowest BCUT2D eigenvalue weighted by Gasteiger charge is -2.34. The maximum atomic E-state index is 12.3. The highest BCUT2D eigenvalue weighted by atomic mass is 32.2. The quantitative estimate of drug-likeness (QED) is 0.769. The summed E-state index contributed by atoms with van der Waals surface area (Å²) in [7, 11) is -1.61. The van der Waals surface area contributed by atoms with Crippen LogP contribution in [0.2, 0.25) is 0 Å². The standard InChI is InChI=1S/C10H23N3O2S/c1-9(2)10(3)12(4)16(14,15)13-7-5-11-6-8-13/h9-11H,5-8H2,1-4H3. The molecule has 1 atom stereocenters. The second-order valence-electron chi connectivity index (χ2n) is 4.66. The Balaban J connectivity index is 2.75. The lowest BCUT2D eigenvalue weighted by molar-refractivity contribution is 0.272. The Morgan fingerprint density at radius 1 is 1.19 bits per heavy atom. The topological polar surface area (TPSA) is 52.7 Å². The summed E-state index contributed by atoms with van der Waals surface area (Å²) in [5.41, 5.74) is 0. The average Bonchev–Trinajstić information content (AvgIpc) is 2.28. The first-order chi connectivity index (χ1) is 7.37. The van der Waals surface area contributed by atoms with Crippen molar-refractivity contribution in [1.82, 2.24) is 13.9 Å². The third kappa shape index (κ3) is 2.94. The highest BCUT2D eigenvalue weighted by Gasteiger charge is 2.31. The molecule has 5 nitrogen and oxygen atoms in total. The molecule has 1 saturated heterocycles. The number of piperazine rings is 1. The van der Waals surface area contributed by atoms with Gasteiger partial charge in [-0.1, -0.05) is 13.8 Å². The number of hydrogen-bond donors (Lipinski definition) is 1. The number of rotatable bonds is 4. The van der Waals surface area contributed by atoms with E-state index in [-0.39, 0.29) is 6.04 Å². The fourth-order valence-electron chi connectivity index (χ4n) is 1.69. The van der Waals surface area contributed by atoms with Gasteiger partial charge in [0, 0.05) is 39.3 Å². The molecule has 0 aromatic rings. The zero-order valence-electron chi connectivity index (χ0n) is 10.6. The molecule has 0 spiro atoms. The van der Waals surface area contributed by atoms with Gasteiger partial charge in [-0.15, -0.1) is 0 Å². The monoisotopic (exact) mass is 249 g/mol. The summed E-state index contributed by atoms with van der Waals surface area (Å²) in [4.78, 5) is 0. The zero-order valence-corrected chi connectivity index (χ0v) is 11.4. The maximum Gasteiger partial charge on any atom is 0.282 e.